The largest absolute Gasteiger partial charge is 0.460 e. The third kappa shape index (κ3) is 3.40. The fraction of sp³-hybridized carbons (Fsp3) is 0.273. The summed E-state index contributed by atoms with van der Waals surface area (Å²) in [4.78, 5) is 23.7. The van der Waals surface area contributed by atoms with E-state index in [9.17, 15) is 9.59 Å². The first-order valence-corrected chi connectivity index (χ1v) is 6.05. The molecule has 0 fully saturated rings. The first-order valence-electron chi connectivity index (χ1n) is 4.60. The lowest BCUT2D eigenvalue weighted by Crippen LogP contribution is -2.16. The number of carbonyl (C=O) groups excluding carboxylic acids is 2. The standard InChI is InChI=1S/C11H10O3S2/c1-2-14-11(13)10(12)9-6-5-8(16-9)4-3-7-15/h5-6,15H,2,7H2,1H3. The van der Waals surface area contributed by atoms with Crippen LogP contribution >= 0.6 is 24.0 Å². The van der Waals surface area contributed by atoms with Crippen molar-refractivity contribution < 1.29 is 14.3 Å². The van der Waals surface area contributed by atoms with Crippen LogP contribution in [0.1, 0.15) is 21.5 Å². The fourth-order valence-corrected chi connectivity index (χ4v) is 1.84. The van der Waals surface area contributed by atoms with Crippen LogP contribution < -0.4 is 0 Å². The van der Waals surface area contributed by atoms with Crippen LogP contribution in [0.2, 0.25) is 0 Å². The molecule has 0 radical (unpaired) electrons. The third-order valence-electron chi connectivity index (χ3n) is 1.58. The number of Topliss-reactive ketones (excluding diaryl/α,β-unsaturated/α-hetero) is 1. The van der Waals surface area contributed by atoms with E-state index in [-0.39, 0.29) is 6.61 Å². The number of ether oxygens (including phenoxy) is 1. The van der Waals surface area contributed by atoms with Crippen LogP contribution in [0.25, 0.3) is 0 Å². The lowest BCUT2D eigenvalue weighted by molar-refractivity contribution is -0.137. The Morgan fingerprint density at radius 1 is 1.50 bits per heavy atom. The predicted molar refractivity (Wildman–Crippen MR) is 66.0 cm³/mol. The van der Waals surface area contributed by atoms with E-state index in [4.69, 9.17) is 0 Å². The van der Waals surface area contributed by atoms with Crippen molar-refractivity contribution >= 4 is 35.7 Å². The van der Waals surface area contributed by atoms with Gasteiger partial charge in [0.15, 0.2) is 0 Å². The Balaban J connectivity index is 2.78. The summed E-state index contributed by atoms with van der Waals surface area (Å²) in [6.07, 6.45) is 0. The highest BCUT2D eigenvalue weighted by Gasteiger charge is 2.18. The monoisotopic (exact) mass is 254 g/mol. The van der Waals surface area contributed by atoms with E-state index in [1.807, 2.05) is 0 Å². The summed E-state index contributed by atoms with van der Waals surface area (Å²) in [6.45, 7) is 1.85. The van der Waals surface area contributed by atoms with Gasteiger partial charge in [-0.2, -0.15) is 12.6 Å². The van der Waals surface area contributed by atoms with Gasteiger partial charge in [0.05, 0.1) is 22.1 Å². The van der Waals surface area contributed by atoms with Crippen LogP contribution in [0, 0.1) is 11.8 Å². The number of rotatable bonds is 3. The Morgan fingerprint density at radius 3 is 2.88 bits per heavy atom. The highest BCUT2D eigenvalue weighted by Crippen LogP contribution is 2.16. The number of thiophene rings is 1. The highest BCUT2D eigenvalue weighted by molar-refractivity contribution is 7.80. The van der Waals surface area contributed by atoms with E-state index in [0.29, 0.717) is 10.6 Å². The number of carbonyl (C=O) groups is 2. The average Bonchev–Trinajstić information content (AvgIpc) is 2.74. The molecule has 84 valence electrons. The van der Waals surface area contributed by atoms with Crippen molar-refractivity contribution in [1.82, 2.24) is 0 Å². The molecule has 1 aromatic rings. The molecule has 16 heavy (non-hydrogen) atoms. The second kappa shape index (κ2) is 6.36. The van der Waals surface area contributed by atoms with E-state index in [1.54, 1.807) is 19.1 Å². The van der Waals surface area contributed by atoms with Gasteiger partial charge in [-0.3, -0.25) is 4.79 Å². The molecule has 0 unspecified atom stereocenters. The molecule has 1 heterocycles. The van der Waals surface area contributed by atoms with Crippen molar-refractivity contribution in [2.75, 3.05) is 12.4 Å². The average molecular weight is 254 g/mol. The Bertz CT molecular complexity index is 451. The summed E-state index contributed by atoms with van der Waals surface area (Å²) in [5.41, 5.74) is 0. The summed E-state index contributed by atoms with van der Waals surface area (Å²) in [7, 11) is 0. The summed E-state index contributed by atoms with van der Waals surface area (Å²) >= 11 is 5.13. The van der Waals surface area contributed by atoms with Crippen LogP contribution in [-0.2, 0) is 9.53 Å². The van der Waals surface area contributed by atoms with Crippen LogP contribution in [0.5, 0.6) is 0 Å². The molecule has 0 saturated carbocycles. The van der Waals surface area contributed by atoms with Gasteiger partial charge < -0.3 is 4.74 Å². The Morgan fingerprint density at radius 2 is 2.25 bits per heavy atom. The summed E-state index contributed by atoms with van der Waals surface area (Å²) in [6, 6.07) is 3.28. The molecule has 3 nitrogen and oxygen atoms in total. The molecule has 0 aliphatic heterocycles. The summed E-state index contributed by atoms with van der Waals surface area (Å²) in [5, 5.41) is 0. The molecule has 0 aliphatic carbocycles. The normalized spacial score (nSPS) is 9.12. The number of thiol groups is 1. The lowest BCUT2D eigenvalue weighted by Gasteiger charge is -1.96. The number of hydrogen-bond acceptors (Lipinski definition) is 5. The molecule has 0 aliphatic rings. The van der Waals surface area contributed by atoms with E-state index < -0.39 is 11.8 Å². The minimum atomic E-state index is -0.821. The zero-order valence-corrected chi connectivity index (χ0v) is 10.4. The second-order valence-electron chi connectivity index (χ2n) is 2.67. The first kappa shape index (κ1) is 12.8. The molecular formula is C11H10O3S2. The van der Waals surface area contributed by atoms with E-state index in [0.717, 1.165) is 4.88 Å². The molecule has 0 atom stereocenters. The molecule has 1 aromatic heterocycles. The number of hydrogen-bond donors (Lipinski definition) is 1. The van der Waals surface area contributed by atoms with E-state index in [1.165, 1.54) is 11.3 Å². The number of esters is 1. The van der Waals surface area contributed by atoms with Crippen molar-refractivity contribution in [1.29, 1.82) is 0 Å². The zero-order valence-electron chi connectivity index (χ0n) is 8.65. The minimum Gasteiger partial charge on any atom is -0.460 e. The van der Waals surface area contributed by atoms with Gasteiger partial charge >= 0.3 is 5.97 Å². The summed E-state index contributed by atoms with van der Waals surface area (Å²) in [5.74, 6) is 4.61. The van der Waals surface area contributed by atoms with Gasteiger partial charge in [-0.05, 0) is 19.1 Å². The van der Waals surface area contributed by atoms with Crippen LogP contribution in [-0.4, -0.2) is 24.1 Å². The predicted octanol–water partition coefficient (Wildman–Crippen LogP) is 1.78. The first-order chi connectivity index (χ1) is 7.69. The SMILES string of the molecule is CCOC(=O)C(=O)c1ccc(C#CCS)s1. The fourth-order valence-electron chi connectivity index (χ4n) is 0.951. The van der Waals surface area contributed by atoms with Gasteiger partial charge in [0.1, 0.15) is 0 Å². The molecule has 5 heteroatoms. The Kier molecular flexibility index (Phi) is 5.09. The van der Waals surface area contributed by atoms with Crippen molar-refractivity contribution in [2.24, 2.45) is 0 Å². The van der Waals surface area contributed by atoms with E-state index in [2.05, 4.69) is 29.2 Å². The molecule has 0 N–H and O–H groups in total. The van der Waals surface area contributed by atoms with Gasteiger partial charge in [0.25, 0.3) is 5.78 Å². The molecule has 0 saturated heterocycles. The maximum Gasteiger partial charge on any atom is 0.380 e. The quantitative estimate of drug-likeness (QED) is 0.294. The van der Waals surface area contributed by atoms with Crippen molar-refractivity contribution in [2.45, 2.75) is 6.92 Å². The summed E-state index contributed by atoms with van der Waals surface area (Å²) < 4.78 is 4.62. The van der Waals surface area contributed by atoms with Crippen LogP contribution in [0.15, 0.2) is 12.1 Å². The van der Waals surface area contributed by atoms with Gasteiger partial charge in [-0.15, -0.1) is 11.3 Å². The molecule has 0 bridgehead atoms. The maximum absolute atomic E-state index is 11.5. The maximum atomic E-state index is 11.5. The second-order valence-corrected chi connectivity index (χ2v) is 4.07. The third-order valence-corrected chi connectivity index (χ3v) is 2.74. The van der Waals surface area contributed by atoms with Crippen molar-refractivity contribution in [3.8, 4) is 11.8 Å². The molecule has 1 rings (SSSR count). The molecule has 0 aromatic carbocycles. The van der Waals surface area contributed by atoms with Crippen molar-refractivity contribution in [3.63, 3.8) is 0 Å². The Hall–Kier alpha value is -1.25. The van der Waals surface area contributed by atoms with Gasteiger partial charge in [-0.1, -0.05) is 11.8 Å². The van der Waals surface area contributed by atoms with Gasteiger partial charge in [-0.25, -0.2) is 4.79 Å². The molecule has 0 amide bonds. The number of ketones is 1. The van der Waals surface area contributed by atoms with Gasteiger partial charge in [0.2, 0.25) is 0 Å². The molecule has 0 spiro atoms. The minimum absolute atomic E-state index is 0.197. The van der Waals surface area contributed by atoms with Crippen LogP contribution in [0.3, 0.4) is 0 Å². The Labute approximate surface area is 103 Å². The topological polar surface area (TPSA) is 43.4 Å². The highest BCUT2D eigenvalue weighted by atomic mass is 32.1. The van der Waals surface area contributed by atoms with Crippen molar-refractivity contribution in [3.05, 3.63) is 21.9 Å². The molecular weight excluding hydrogens is 244 g/mol. The van der Waals surface area contributed by atoms with E-state index >= 15 is 0 Å². The zero-order chi connectivity index (χ0) is 12.0. The van der Waals surface area contributed by atoms with Crippen LogP contribution in [0.4, 0.5) is 0 Å². The lowest BCUT2D eigenvalue weighted by atomic mass is 10.3. The van der Waals surface area contributed by atoms with Gasteiger partial charge in [0, 0.05) is 0 Å². The smallest absolute Gasteiger partial charge is 0.380 e.